The lowest BCUT2D eigenvalue weighted by Crippen LogP contribution is -2.11. The summed E-state index contributed by atoms with van der Waals surface area (Å²) in [6.07, 6.45) is -0.834. The standard InChI is InChI=1S/C16H15FO3/c1-11(18)14-8-7-13(17)9-16(14)20-10-15(19)12-5-3-2-4-6-12/h2-9,15,19H,10H2,1H3. The number of hydrogen-bond acceptors (Lipinski definition) is 3. The predicted molar refractivity (Wildman–Crippen MR) is 73.3 cm³/mol. The van der Waals surface area contributed by atoms with Crippen LogP contribution in [-0.4, -0.2) is 17.5 Å². The van der Waals surface area contributed by atoms with Gasteiger partial charge in [0, 0.05) is 6.07 Å². The first kappa shape index (κ1) is 14.2. The van der Waals surface area contributed by atoms with Gasteiger partial charge in [-0.15, -0.1) is 0 Å². The first-order chi connectivity index (χ1) is 9.58. The van der Waals surface area contributed by atoms with E-state index in [9.17, 15) is 14.3 Å². The summed E-state index contributed by atoms with van der Waals surface area (Å²) in [6.45, 7) is 1.33. The number of aliphatic hydroxyl groups excluding tert-OH is 1. The molecule has 2 aromatic rings. The van der Waals surface area contributed by atoms with E-state index in [-0.39, 0.29) is 18.1 Å². The van der Waals surface area contributed by atoms with E-state index < -0.39 is 11.9 Å². The average Bonchev–Trinajstić information content (AvgIpc) is 2.45. The number of ketones is 1. The van der Waals surface area contributed by atoms with E-state index in [0.29, 0.717) is 11.1 Å². The van der Waals surface area contributed by atoms with Gasteiger partial charge in [-0.25, -0.2) is 4.39 Å². The molecule has 0 aliphatic heterocycles. The number of ether oxygens (including phenoxy) is 1. The smallest absolute Gasteiger partial charge is 0.163 e. The minimum absolute atomic E-state index is 0.0479. The Morgan fingerprint density at radius 3 is 2.60 bits per heavy atom. The minimum Gasteiger partial charge on any atom is -0.490 e. The summed E-state index contributed by atoms with van der Waals surface area (Å²) in [6, 6.07) is 12.7. The van der Waals surface area contributed by atoms with Crippen LogP contribution >= 0.6 is 0 Å². The molecular weight excluding hydrogens is 259 g/mol. The van der Waals surface area contributed by atoms with E-state index >= 15 is 0 Å². The molecule has 2 aromatic carbocycles. The summed E-state index contributed by atoms with van der Waals surface area (Å²) in [5.74, 6) is -0.555. The van der Waals surface area contributed by atoms with E-state index in [0.717, 1.165) is 6.07 Å². The molecule has 0 heterocycles. The Morgan fingerprint density at radius 2 is 1.95 bits per heavy atom. The van der Waals surface area contributed by atoms with Crippen molar-refractivity contribution in [2.45, 2.75) is 13.0 Å². The van der Waals surface area contributed by atoms with Crippen LogP contribution in [0.2, 0.25) is 0 Å². The van der Waals surface area contributed by atoms with Crippen molar-refractivity contribution in [1.29, 1.82) is 0 Å². The Bertz CT molecular complexity index is 596. The molecule has 20 heavy (non-hydrogen) atoms. The Balaban J connectivity index is 2.11. The molecule has 1 atom stereocenters. The fourth-order valence-corrected chi connectivity index (χ4v) is 1.85. The number of Topliss-reactive ketones (excluding diaryl/α,β-unsaturated/α-hetero) is 1. The number of benzene rings is 2. The van der Waals surface area contributed by atoms with Crippen LogP contribution in [0.1, 0.15) is 28.9 Å². The highest BCUT2D eigenvalue weighted by Crippen LogP contribution is 2.22. The van der Waals surface area contributed by atoms with Crippen molar-refractivity contribution in [3.05, 3.63) is 65.5 Å². The maximum Gasteiger partial charge on any atom is 0.163 e. The molecule has 0 aromatic heterocycles. The van der Waals surface area contributed by atoms with Crippen molar-refractivity contribution >= 4 is 5.78 Å². The van der Waals surface area contributed by atoms with Crippen molar-refractivity contribution in [1.82, 2.24) is 0 Å². The third-order valence-electron chi connectivity index (χ3n) is 2.90. The quantitative estimate of drug-likeness (QED) is 0.852. The summed E-state index contributed by atoms with van der Waals surface area (Å²) in [4.78, 5) is 11.4. The highest BCUT2D eigenvalue weighted by atomic mass is 19.1. The summed E-state index contributed by atoms with van der Waals surface area (Å²) in [5.41, 5.74) is 1.000. The van der Waals surface area contributed by atoms with Gasteiger partial charge in [-0.05, 0) is 24.6 Å². The van der Waals surface area contributed by atoms with Crippen LogP contribution in [0.15, 0.2) is 48.5 Å². The molecule has 3 nitrogen and oxygen atoms in total. The average molecular weight is 274 g/mol. The summed E-state index contributed by atoms with van der Waals surface area (Å²) in [7, 11) is 0. The number of aliphatic hydroxyl groups is 1. The van der Waals surface area contributed by atoms with Crippen LogP contribution in [0.5, 0.6) is 5.75 Å². The first-order valence-electron chi connectivity index (χ1n) is 6.24. The molecule has 1 N–H and O–H groups in total. The SMILES string of the molecule is CC(=O)c1ccc(F)cc1OCC(O)c1ccccc1. The van der Waals surface area contributed by atoms with Crippen LogP contribution in [-0.2, 0) is 0 Å². The zero-order valence-electron chi connectivity index (χ0n) is 11.0. The van der Waals surface area contributed by atoms with Gasteiger partial charge in [0.15, 0.2) is 5.78 Å². The Hall–Kier alpha value is -2.20. The maximum absolute atomic E-state index is 13.2. The first-order valence-corrected chi connectivity index (χ1v) is 6.24. The van der Waals surface area contributed by atoms with Crippen LogP contribution in [0.25, 0.3) is 0 Å². The fraction of sp³-hybridized carbons (Fsp3) is 0.188. The van der Waals surface area contributed by atoms with Crippen molar-refractivity contribution < 1.29 is 19.0 Å². The van der Waals surface area contributed by atoms with Gasteiger partial charge in [0.1, 0.15) is 24.3 Å². The molecule has 0 radical (unpaired) electrons. The lowest BCUT2D eigenvalue weighted by molar-refractivity contribution is 0.0976. The van der Waals surface area contributed by atoms with Gasteiger partial charge in [0.05, 0.1) is 5.56 Å². The topological polar surface area (TPSA) is 46.5 Å². The summed E-state index contributed by atoms with van der Waals surface area (Å²) >= 11 is 0. The van der Waals surface area contributed by atoms with Gasteiger partial charge < -0.3 is 9.84 Å². The molecule has 0 saturated carbocycles. The van der Waals surface area contributed by atoms with E-state index in [4.69, 9.17) is 4.74 Å². The lowest BCUT2D eigenvalue weighted by atomic mass is 10.1. The van der Waals surface area contributed by atoms with Gasteiger partial charge in [-0.3, -0.25) is 4.79 Å². The Kier molecular flexibility index (Phi) is 4.48. The molecule has 0 amide bonds. The van der Waals surface area contributed by atoms with Crippen LogP contribution in [0, 0.1) is 5.82 Å². The highest BCUT2D eigenvalue weighted by molar-refractivity contribution is 5.96. The van der Waals surface area contributed by atoms with Crippen LogP contribution in [0.3, 0.4) is 0 Å². The van der Waals surface area contributed by atoms with E-state index in [2.05, 4.69) is 0 Å². The third-order valence-corrected chi connectivity index (χ3v) is 2.90. The fourth-order valence-electron chi connectivity index (χ4n) is 1.85. The zero-order chi connectivity index (χ0) is 14.5. The predicted octanol–water partition coefficient (Wildman–Crippen LogP) is 3.14. The van der Waals surface area contributed by atoms with Gasteiger partial charge >= 0.3 is 0 Å². The number of rotatable bonds is 5. The van der Waals surface area contributed by atoms with Crippen LogP contribution in [0.4, 0.5) is 4.39 Å². The molecule has 104 valence electrons. The van der Waals surface area contributed by atoms with Gasteiger partial charge in [-0.2, -0.15) is 0 Å². The molecule has 2 rings (SSSR count). The highest BCUT2D eigenvalue weighted by Gasteiger charge is 2.13. The molecule has 0 fully saturated rings. The Labute approximate surface area is 116 Å². The molecule has 0 aliphatic carbocycles. The second kappa shape index (κ2) is 6.30. The van der Waals surface area contributed by atoms with Crippen molar-refractivity contribution in [2.24, 2.45) is 0 Å². The molecule has 1 unspecified atom stereocenters. The van der Waals surface area contributed by atoms with E-state index in [1.807, 2.05) is 18.2 Å². The molecule has 0 saturated heterocycles. The number of carbonyl (C=O) groups is 1. The maximum atomic E-state index is 13.2. The van der Waals surface area contributed by atoms with Crippen molar-refractivity contribution in [2.75, 3.05) is 6.61 Å². The largest absolute Gasteiger partial charge is 0.490 e. The number of halogens is 1. The molecule has 0 spiro atoms. The number of hydrogen-bond donors (Lipinski definition) is 1. The Morgan fingerprint density at radius 1 is 1.25 bits per heavy atom. The molecule has 0 bridgehead atoms. The number of carbonyl (C=O) groups excluding carboxylic acids is 1. The lowest BCUT2D eigenvalue weighted by Gasteiger charge is -2.14. The second-order valence-corrected chi connectivity index (χ2v) is 4.43. The van der Waals surface area contributed by atoms with Gasteiger partial charge in [-0.1, -0.05) is 30.3 Å². The summed E-state index contributed by atoms with van der Waals surface area (Å²) < 4.78 is 18.6. The zero-order valence-corrected chi connectivity index (χ0v) is 11.0. The van der Waals surface area contributed by atoms with Gasteiger partial charge in [0.25, 0.3) is 0 Å². The molecule has 0 aliphatic rings. The monoisotopic (exact) mass is 274 g/mol. The van der Waals surface area contributed by atoms with Gasteiger partial charge in [0.2, 0.25) is 0 Å². The second-order valence-electron chi connectivity index (χ2n) is 4.43. The van der Waals surface area contributed by atoms with E-state index in [1.54, 1.807) is 12.1 Å². The van der Waals surface area contributed by atoms with E-state index in [1.165, 1.54) is 19.1 Å². The summed E-state index contributed by atoms with van der Waals surface area (Å²) in [5, 5.41) is 9.98. The van der Waals surface area contributed by atoms with Crippen molar-refractivity contribution in [3.63, 3.8) is 0 Å². The van der Waals surface area contributed by atoms with Crippen LogP contribution < -0.4 is 4.74 Å². The molecule has 4 heteroatoms. The molecular formula is C16H15FO3. The van der Waals surface area contributed by atoms with Crippen molar-refractivity contribution in [3.8, 4) is 5.75 Å². The normalized spacial score (nSPS) is 11.9. The minimum atomic E-state index is -0.834. The third kappa shape index (κ3) is 3.42.